The summed E-state index contributed by atoms with van der Waals surface area (Å²) in [6, 6.07) is 110. The van der Waals surface area contributed by atoms with Crippen LogP contribution in [0.15, 0.2) is 329 Å². The van der Waals surface area contributed by atoms with Gasteiger partial charge in [-0.05, 0) is 77.4 Å². The fourth-order valence-corrected chi connectivity index (χ4v) is 15.2. The lowest BCUT2D eigenvalue weighted by Gasteiger charge is -2.12. The number of thiophene rings is 1. The second-order valence-electron chi connectivity index (χ2n) is 24.3. The SMILES string of the molecule is c1ccc(-c2cc(-c3ccc(-c4nc5c6ccccc6oc5c5ccccc45)cc3)cc(-c3cccc4c3sc3ccccc34)n2)cc1.c1ccc(-c2cc(-c3cccc4c3oc3ccccc34)cc(-c3ccc(-c4nc5c6ccccc6oc5c5ccccc45)cc3)n2)cc1. The third-order valence-electron chi connectivity index (χ3n) is 18.6. The Morgan fingerprint density at radius 2 is 0.594 bits per heavy atom. The highest BCUT2D eigenvalue weighted by Gasteiger charge is 2.21. The van der Waals surface area contributed by atoms with Gasteiger partial charge in [0.15, 0.2) is 11.2 Å². The van der Waals surface area contributed by atoms with Crippen molar-refractivity contribution in [3.63, 3.8) is 0 Å². The summed E-state index contributed by atoms with van der Waals surface area (Å²) in [6.45, 7) is 0. The predicted octanol–water partition coefficient (Wildman–Crippen LogP) is 24.7. The molecule has 0 unspecified atom stereocenters. The van der Waals surface area contributed by atoms with Crippen molar-refractivity contribution in [1.82, 2.24) is 19.9 Å². The van der Waals surface area contributed by atoms with Crippen LogP contribution in [0.25, 0.3) is 198 Å². The van der Waals surface area contributed by atoms with Gasteiger partial charge in [-0.3, -0.25) is 0 Å². The van der Waals surface area contributed by atoms with Gasteiger partial charge in [0.05, 0.1) is 34.2 Å². The molecule has 0 spiro atoms. The third kappa shape index (κ3) is 9.33. The van der Waals surface area contributed by atoms with Gasteiger partial charge in [0.1, 0.15) is 33.4 Å². The summed E-state index contributed by atoms with van der Waals surface area (Å²) in [7, 11) is 0. The van der Waals surface area contributed by atoms with Gasteiger partial charge in [-0.1, -0.05) is 255 Å². The number of hydrogen-bond acceptors (Lipinski definition) is 8. The largest absolute Gasteiger partial charge is 0.455 e. The molecule has 0 saturated carbocycles. The zero-order valence-electron chi connectivity index (χ0n) is 51.4. The van der Waals surface area contributed by atoms with Crippen LogP contribution in [0.4, 0.5) is 0 Å². The van der Waals surface area contributed by atoms with E-state index in [9.17, 15) is 0 Å². The molecule has 448 valence electrons. The fourth-order valence-electron chi connectivity index (χ4n) is 13.9. The van der Waals surface area contributed by atoms with E-state index in [-0.39, 0.29) is 0 Å². The van der Waals surface area contributed by atoms with Crippen LogP contribution in [0.3, 0.4) is 0 Å². The Morgan fingerprint density at radius 1 is 0.219 bits per heavy atom. The predicted molar refractivity (Wildman–Crippen MR) is 397 cm³/mol. The molecule has 96 heavy (non-hydrogen) atoms. The maximum absolute atomic E-state index is 6.45. The van der Waals surface area contributed by atoms with Crippen molar-refractivity contribution in [2.75, 3.05) is 0 Å². The number of hydrogen-bond donors (Lipinski definition) is 0. The monoisotopic (exact) mass is 1240 g/mol. The molecular formula is C88H52N4O3S. The third-order valence-corrected chi connectivity index (χ3v) is 19.8. The molecule has 0 bridgehead atoms. The van der Waals surface area contributed by atoms with E-state index in [0.717, 1.165) is 177 Å². The van der Waals surface area contributed by atoms with Crippen LogP contribution >= 0.6 is 11.3 Å². The highest BCUT2D eigenvalue weighted by Crippen LogP contribution is 2.45. The molecule has 8 heterocycles. The first-order chi connectivity index (χ1) is 47.6. The van der Waals surface area contributed by atoms with Gasteiger partial charge in [0, 0.05) is 102 Å². The molecule has 20 aromatic rings. The van der Waals surface area contributed by atoms with E-state index in [1.165, 1.54) is 20.2 Å². The highest BCUT2D eigenvalue weighted by atomic mass is 32.1. The molecule has 8 aromatic heterocycles. The smallest absolute Gasteiger partial charge is 0.161 e. The standard InChI is InChI=1S/C44H26N2O2.C44H26N2OS/c1-2-11-27(12-3-1)37-25-30(31-17-10-18-34-32-13-6-8-19-39(32)47-43(31)34)26-38(45-37)28-21-23-29(24-22-28)41-33-14-4-5-15-35(33)44-42(46-41)36-16-7-9-20-40(36)48-44;1-2-11-28(12-3-1)37-25-30(26-38(45-37)35-18-10-17-34-31-13-7-9-20-40(31)48-44(34)35)27-21-23-29(24-22-27)41-32-14-4-5-15-33(32)43-42(46-41)36-16-6-8-19-39(36)47-43/h2*1-26H. The van der Waals surface area contributed by atoms with Crippen LogP contribution in [-0.2, 0) is 0 Å². The lowest BCUT2D eigenvalue weighted by Crippen LogP contribution is -1.92. The number of nitrogens with zero attached hydrogens (tertiary/aromatic N) is 4. The number of fused-ring (bicyclic) bond motifs is 16. The average Bonchev–Trinajstić information content (AvgIpc) is 1.41. The van der Waals surface area contributed by atoms with Crippen LogP contribution in [0.1, 0.15) is 0 Å². The van der Waals surface area contributed by atoms with E-state index in [1.54, 1.807) is 0 Å². The maximum Gasteiger partial charge on any atom is 0.161 e. The summed E-state index contributed by atoms with van der Waals surface area (Å²) in [5, 5.41) is 11.1. The van der Waals surface area contributed by atoms with E-state index < -0.39 is 0 Å². The fraction of sp³-hybridized carbons (Fsp3) is 0. The Bertz CT molecular complexity index is 6050. The molecule has 12 aromatic carbocycles. The topological polar surface area (TPSA) is 91.0 Å². The van der Waals surface area contributed by atoms with Crippen LogP contribution in [0, 0.1) is 0 Å². The Labute approximate surface area is 554 Å². The molecule has 0 radical (unpaired) electrons. The molecule has 0 aliphatic rings. The van der Waals surface area contributed by atoms with E-state index in [0.29, 0.717) is 0 Å². The van der Waals surface area contributed by atoms with Crippen molar-refractivity contribution in [2.24, 2.45) is 0 Å². The quantitative estimate of drug-likeness (QED) is 0.150. The molecule has 0 atom stereocenters. The highest BCUT2D eigenvalue weighted by molar-refractivity contribution is 7.26. The second kappa shape index (κ2) is 22.6. The average molecular weight is 1250 g/mol. The number of para-hydroxylation sites is 4. The van der Waals surface area contributed by atoms with E-state index in [1.807, 2.05) is 72.0 Å². The summed E-state index contributed by atoms with van der Waals surface area (Å²) >= 11 is 1.84. The molecule has 20 rings (SSSR count). The van der Waals surface area contributed by atoms with E-state index >= 15 is 0 Å². The van der Waals surface area contributed by atoms with Crippen molar-refractivity contribution >= 4 is 119 Å². The first-order valence-electron chi connectivity index (χ1n) is 32.1. The van der Waals surface area contributed by atoms with Gasteiger partial charge in [-0.2, -0.15) is 0 Å². The van der Waals surface area contributed by atoms with Gasteiger partial charge < -0.3 is 13.3 Å². The molecule has 7 nitrogen and oxygen atoms in total. The first kappa shape index (κ1) is 55.1. The van der Waals surface area contributed by atoms with Crippen molar-refractivity contribution < 1.29 is 13.3 Å². The van der Waals surface area contributed by atoms with Gasteiger partial charge in [0.2, 0.25) is 0 Å². The first-order valence-corrected chi connectivity index (χ1v) is 33.0. The molecule has 0 N–H and O–H groups in total. The number of aromatic nitrogens is 4. The van der Waals surface area contributed by atoms with Gasteiger partial charge in [0.25, 0.3) is 0 Å². The Kier molecular flexibility index (Phi) is 13.0. The van der Waals surface area contributed by atoms with Crippen molar-refractivity contribution in [1.29, 1.82) is 0 Å². The molecule has 0 fully saturated rings. The van der Waals surface area contributed by atoms with Gasteiger partial charge in [-0.15, -0.1) is 11.3 Å². The lowest BCUT2D eigenvalue weighted by molar-refractivity contribution is 0.670. The minimum absolute atomic E-state index is 0.820. The van der Waals surface area contributed by atoms with Gasteiger partial charge in [-0.25, -0.2) is 19.9 Å². The molecular weight excluding hydrogens is 1190 g/mol. The lowest BCUT2D eigenvalue weighted by atomic mass is 9.97. The van der Waals surface area contributed by atoms with Crippen molar-refractivity contribution in [3.05, 3.63) is 315 Å². The number of benzene rings is 12. The molecule has 0 aliphatic carbocycles. The number of rotatable bonds is 8. The summed E-state index contributed by atoms with van der Waals surface area (Å²) in [4.78, 5) is 20.9. The van der Waals surface area contributed by atoms with Crippen LogP contribution in [0.2, 0.25) is 0 Å². The van der Waals surface area contributed by atoms with Crippen LogP contribution in [-0.4, -0.2) is 19.9 Å². The Balaban J connectivity index is 0.000000135. The normalized spacial score (nSPS) is 11.8. The molecule has 8 heteroatoms. The van der Waals surface area contributed by atoms with E-state index in [4.69, 9.17) is 33.2 Å². The van der Waals surface area contributed by atoms with Crippen LogP contribution in [0.5, 0.6) is 0 Å². The summed E-state index contributed by atoms with van der Waals surface area (Å²) in [6.07, 6.45) is 0. The summed E-state index contributed by atoms with van der Waals surface area (Å²) in [5.74, 6) is 0. The number of pyridine rings is 4. The van der Waals surface area contributed by atoms with Crippen LogP contribution < -0.4 is 0 Å². The Morgan fingerprint density at radius 3 is 1.17 bits per heavy atom. The Hall–Kier alpha value is -12.6. The molecule has 0 saturated heterocycles. The van der Waals surface area contributed by atoms with Crippen molar-refractivity contribution in [2.45, 2.75) is 0 Å². The minimum atomic E-state index is 0.820. The summed E-state index contributed by atoms with van der Waals surface area (Å²) < 4.78 is 21.6. The minimum Gasteiger partial charge on any atom is -0.455 e. The molecule has 0 amide bonds. The number of furan rings is 3. The van der Waals surface area contributed by atoms with E-state index in [2.05, 4.69) is 255 Å². The molecule has 0 aliphatic heterocycles. The van der Waals surface area contributed by atoms with Gasteiger partial charge >= 0.3 is 0 Å². The van der Waals surface area contributed by atoms with Crippen molar-refractivity contribution in [3.8, 4) is 89.8 Å². The zero-order chi connectivity index (χ0) is 63.2. The maximum atomic E-state index is 6.45. The second-order valence-corrected chi connectivity index (χ2v) is 25.3. The zero-order valence-corrected chi connectivity index (χ0v) is 52.3. The summed E-state index contributed by atoms with van der Waals surface area (Å²) in [5.41, 5.74) is 23.3.